The third-order valence-corrected chi connectivity index (χ3v) is 5.76. The Balaban J connectivity index is 1.62. The summed E-state index contributed by atoms with van der Waals surface area (Å²) in [7, 11) is 1.69. The summed E-state index contributed by atoms with van der Waals surface area (Å²) < 4.78 is 5.33. The van der Waals surface area contributed by atoms with Crippen LogP contribution in [0, 0.1) is 5.92 Å². The molecule has 1 heterocycles. The highest BCUT2D eigenvalue weighted by Crippen LogP contribution is 2.32. The summed E-state index contributed by atoms with van der Waals surface area (Å²) >= 11 is 0. The van der Waals surface area contributed by atoms with E-state index in [-0.39, 0.29) is 23.4 Å². The summed E-state index contributed by atoms with van der Waals surface area (Å²) in [4.78, 5) is 15.1. The van der Waals surface area contributed by atoms with Crippen LogP contribution >= 0.6 is 0 Å². The van der Waals surface area contributed by atoms with Gasteiger partial charge in [-0.25, -0.2) is 0 Å². The van der Waals surface area contributed by atoms with E-state index in [2.05, 4.69) is 22.3 Å². The minimum absolute atomic E-state index is 0.0616. The zero-order valence-corrected chi connectivity index (χ0v) is 15.5. The number of amides is 1. The van der Waals surface area contributed by atoms with E-state index in [9.17, 15) is 4.79 Å². The van der Waals surface area contributed by atoms with E-state index >= 15 is 0 Å². The van der Waals surface area contributed by atoms with Gasteiger partial charge in [-0.2, -0.15) is 0 Å². The Hall–Kier alpha value is -1.75. The Morgan fingerprint density at radius 2 is 2.16 bits per heavy atom. The van der Waals surface area contributed by atoms with E-state index in [1.165, 1.54) is 0 Å². The van der Waals surface area contributed by atoms with Crippen molar-refractivity contribution in [2.75, 3.05) is 25.1 Å². The number of hydrogen-bond acceptors (Lipinski definition) is 4. The van der Waals surface area contributed by atoms with Crippen LogP contribution in [-0.2, 0) is 4.79 Å². The number of nitrogens with two attached hydrogens (primary N) is 1. The molecule has 2 fully saturated rings. The van der Waals surface area contributed by atoms with Crippen LogP contribution in [0.5, 0.6) is 5.75 Å². The monoisotopic (exact) mass is 345 g/mol. The molecule has 1 amide bonds. The number of rotatable bonds is 4. The molecular formula is C20H31N3O2. The highest BCUT2D eigenvalue weighted by atomic mass is 16.5. The third-order valence-electron chi connectivity index (χ3n) is 5.76. The minimum atomic E-state index is -0.372. The zero-order valence-electron chi connectivity index (χ0n) is 15.5. The number of hydrogen-bond donors (Lipinski definition) is 2. The van der Waals surface area contributed by atoms with E-state index in [0.29, 0.717) is 0 Å². The van der Waals surface area contributed by atoms with Crippen LogP contribution in [0.25, 0.3) is 0 Å². The van der Waals surface area contributed by atoms with Crippen molar-refractivity contribution >= 4 is 11.6 Å². The van der Waals surface area contributed by atoms with Gasteiger partial charge in [0.15, 0.2) is 0 Å². The number of benzene rings is 1. The van der Waals surface area contributed by atoms with E-state index in [0.717, 1.165) is 63.1 Å². The Kier molecular flexibility index (Phi) is 5.52. The summed E-state index contributed by atoms with van der Waals surface area (Å²) in [6, 6.07) is 8.31. The average molecular weight is 345 g/mol. The third kappa shape index (κ3) is 4.27. The molecule has 3 atom stereocenters. The number of nitrogens with zero attached hydrogens (tertiary/aromatic N) is 1. The van der Waals surface area contributed by atoms with Crippen molar-refractivity contribution in [3.05, 3.63) is 24.3 Å². The molecule has 0 bridgehead atoms. The summed E-state index contributed by atoms with van der Waals surface area (Å²) in [5, 5.41) is 3.28. The fraction of sp³-hybridized carbons (Fsp3) is 0.650. The number of methoxy groups -OCH3 is 1. The van der Waals surface area contributed by atoms with Crippen molar-refractivity contribution in [2.45, 2.75) is 57.0 Å². The SMILES string of the molecule is COc1cccc(N2CCCC(NC(=O)C3CCCCC3(C)N)C2)c1. The lowest BCUT2D eigenvalue weighted by molar-refractivity contribution is -0.128. The Labute approximate surface area is 150 Å². The van der Waals surface area contributed by atoms with Crippen molar-refractivity contribution in [1.29, 1.82) is 0 Å². The van der Waals surface area contributed by atoms with Crippen LogP contribution in [-0.4, -0.2) is 37.7 Å². The Bertz CT molecular complexity index is 602. The summed E-state index contributed by atoms with van der Waals surface area (Å²) in [6.45, 7) is 3.88. The molecular weight excluding hydrogens is 314 g/mol. The first-order valence-electron chi connectivity index (χ1n) is 9.48. The summed E-state index contributed by atoms with van der Waals surface area (Å²) in [5.74, 6) is 0.945. The van der Waals surface area contributed by atoms with Crippen LogP contribution in [0.1, 0.15) is 45.4 Å². The maximum atomic E-state index is 12.8. The predicted octanol–water partition coefficient (Wildman–Crippen LogP) is 2.69. The number of nitrogens with one attached hydrogen (secondary N) is 1. The van der Waals surface area contributed by atoms with Gasteiger partial charge in [0, 0.05) is 36.4 Å². The van der Waals surface area contributed by atoms with E-state index in [1.807, 2.05) is 19.1 Å². The molecule has 1 aromatic carbocycles. The van der Waals surface area contributed by atoms with Crippen LogP contribution in [0.4, 0.5) is 5.69 Å². The average Bonchev–Trinajstić information content (AvgIpc) is 2.61. The van der Waals surface area contributed by atoms with Crippen molar-refractivity contribution in [1.82, 2.24) is 5.32 Å². The highest BCUT2D eigenvalue weighted by Gasteiger charge is 2.38. The van der Waals surface area contributed by atoms with Gasteiger partial charge in [-0.15, -0.1) is 0 Å². The Morgan fingerprint density at radius 1 is 1.32 bits per heavy atom. The van der Waals surface area contributed by atoms with Gasteiger partial charge in [0.25, 0.3) is 0 Å². The normalized spacial score (nSPS) is 30.0. The molecule has 25 heavy (non-hydrogen) atoms. The lowest BCUT2D eigenvalue weighted by Gasteiger charge is -2.40. The fourth-order valence-electron chi connectivity index (χ4n) is 4.23. The first-order valence-corrected chi connectivity index (χ1v) is 9.48. The lowest BCUT2D eigenvalue weighted by atomic mass is 9.74. The first-order chi connectivity index (χ1) is 12.0. The van der Waals surface area contributed by atoms with Crippen LogP contribution in [0.2, 0.25) is 0 Å². The molecule has 1 aliphatic carbocycles. The van der Waals surface area contributed by atoms with Crippen LogP contribution in [0.3, 0.4) is 0 Å². The molecule has 0 aromatic heterocycles. The number of carbonyl (C=O) groups excluding carboxylic acids is 1. The number of ether oxygens (including phenoxy) is 1. The van der Waals surface area contributed by atoms with Gasteiger partial charge in [0.05, 0.1) is 13.0 Å². The van der Waals surface area contributed by atoms with Gasteiger partial charge in [-0.05, 0) is 44.7 Å². The molecule has 2 aliphatic rings. The summed E-state index contributed by atoms with van der Waals surface area (Å²) in [5.41, 5.74) is 7.17. The molecule has 3 rings (SSSR count). The lowest BCUT2D eigenvalue weighted by Crippen LogP contribution is -2.56. The predicted molar refractivity (Wildman–Crippen MR) is 101 cm³/mol. The topological polar surface area (TPSA) is 67.6 Å². The maximum absolute atomic E-state index is 12.8. The Morgan fingerprint density at radius 3 is 2.92 bits per heavy atom. The molecule has 0 radical (unpaired) electrons. The molecule has 5 heteroatoms. The van der Waals surface area contributed by atoms with E-state index in [1.54, 1.807) is 7.11 Å². The number of carbonyl (C=O) groups is 1. The van der Waals surface area contributed by atoms with E-state index < -0.39 is 0 Å². The summed E-state index contributed by atoms with van der Waals surface area (Å²) in [6.07, 6.45) is 6.18. The van der Waals surface area contributed by atoms with Crippen molar-refractivity contribution < 1.29 is 9.53 Å². The maximum Gasteiger partial charge on any atom is 0.225 e. The fourth-order valence-corrected chi connectivity index (χ4v) is 4.23. The van der Waals surface area contributed by atoms with Gasteiger partial charge in [0.1, 0.15) is 5.75 Å². The number of piperidine rings is 1. The minimum Gasteiger partial charge on any atom is -0.497 e. The van der Waals surface area contributed by atoms with Crippen LogP contribution < -0.4 is 20.7 Å². The van der Waals surface area contributed by atoms with Gasteiger partial charge in [-0.3, -0.25) is 4.79 Å². The zero-order chi connectivity index (χ0) is 17.9. The van der Waals surface area contributed by atoms with Crippen LogP contribution in [0.15, 0.2) is 24.3 Å². The van der Waals surface area contributed by atoms with Gasteiger partial charge in [0.2, 0.25) is 5.91 Å². The van der Waals surface area contributed by atoms with Gasteiger partial charge >= 0.3 is 0 Å². The molecule has 1 saturated carbocycles. The molecule has 138 valence electrons. The van der Waals surface area contributed by atoms with E-state index in [4.69, 9.17) is 10.5 Å². The smallest absolute Gasteiger partial charge is 0.225 e. The van der Waals surface area contributed by atoms with Crippen molar-refractivity contribution in [3.63, 3.8) is 0 Å². The first kappa shape index (κ1) is 18.1. The second kappa shape index (κ2) is 7.65. The molecule has 5 nitrogen and oxygen atoms in total. The second-order valence-electron chi connectivity index (χ2n) is 7.80. The quantitative estimate of drug-likeness (QED) is 0.880. The largest absolute Gasteiger partial charge is 0.497 e. The van der Waals surface area contributed by atoms with Gasteiger partial charge < -0.3 is 20.7 Å². The molecule has 3 N–H and O–H groups in total. The highest BCUT2D eigenvalue weighted by molar-refractivity contribution is 5.80. The van der Waals surface area contributed by atoms with Crippen molar-refractivity contribution in [3.8, 4) is 5.75 Å². The molecule has 3 unspecified atom stereocenters. The second-order valence-corrected chi connectivity index (χ2v) is 7.80. The molecule has 1 aliphatic heterocycles. The number of anilines is 1. The molecule has 1 aromatic rings. The molecule has 0 spiro atoms. The standard InChI is InChI=1S/C20H31N3O2/c1-20(21)11-4-3-10-18(20)19(24)22-15-7-6-12-23(14-15)16-8-5-9-17(13-16)25-2/h5,8-9,13,15,18H,3-4,6-7,10-12,14,21H2,1-2H3,(H,22,24). The van der Waals surface area contributed by atoms with Gasteiger partial charge in [-0.1, -0.05) is 18.9 Å². The van der Waals surface area contributed by atoms with Crippen molar-refractivity contribution in [2.24, 2.45) is 11.7 Å². The molecule has 1 saturated heterocycles.